The molecule has 1 aromatic carbocycles. The standard InChI is InChI=1S/C16H24FN3O/c1-10(2)15(20(3)4)16(21)19-13-6-5-11-9-18-8-7-12(11)14(13)17/h5-6,10,15,18H,7-9H2,1-4H3,(H,19,21)/t15-/m0/s1. The Labute approximate surface area is 125 Å². The minimum Gasteiger partial charge on any atom is -0.322 e. The van der Waals surface area contributed by atoms with Crippen LogP contribution in [0, 0.1) is 11.7 Å². The number of carbonyl (C=O) groups excluding carboxylic acids is 1. The third-order valence-electron chi connectivity index (χ3n) is 3.92. The summed E-state index contributed by atoms with van der Waals surface area (Å²) in [5.74, 6) is -0.295. The van der Waals surface area contributed by atoms with E-state index in [1.807, 2.05) is 38.9 Å². The van der Waals surface area contributed by atoms with Gasteiger partial charge >= 0.3 is 0 Å². The normalized spacial score (nSPS) is 16.0. The molecule has 1 atom stereocenters. The average molecular weight is 293 g/mol. The molecule has 5 heteroatoms. The van der Waals surface area contributed by atoms with Crippen molar-refractivity contribution in [2.24, 2.45) is 5.92 Å². The maximum Gasteiger partial charge on any atom is 0.242 e. The van der Waals surface area contributed by atoms with Crippen molar-refractivity contribution in [2.75, 3.05) is 26.0 Å². The summed E-state index contributed by atoms with van der Waals surface area (Å²) in [7, 11) is 3.72. The summed E-state index contributed by atoms with van der Waals surface area (Å²) in [6, 6.07) is 3.27. The Morgan fingerprint density at radius 1 is 1.38 bits per heavy atom. The lowest BCUT2D eigenvalue weighted by Gasteiger charge is -2.27. The van der Waals surface area contributed by atoms with Gasteiger partial charge in [0, 0.05) is 6.54 Å². The first-order chi connectivity index (χ1) is 9.91. The van der Waals surface area contributed by atoms with Crippen molar-refractivity contribution in [3.63, 3.8) is 0 Å². The molecule has 0 unspecified atom stereocenters. The fraction of sp³-hybridized carbons (Fsp3) is 0.562. The summed E-state index contributed by atoms with van der Waals surface area (Å²) in [6.07, 6.45) is 0.659. The molecule has 1 aromatic rings. The highest BCUT2D eigenvalue weighted by molar-refractivity contribution is 5.95. The molecule has 0 fully saturated rings. The molecule has 1 heterocycles. The predicted octanol–water partition coefficient (Wildman–Crippen LogP) is 2.00. The van der Waals surface area contributed by atoms with Gasteiger partial charge in [0.2, 0.25) is 5.91 Å². The largest absolute Gasteiger partial charge is 0.322 e. The monoisotopic (exact) mass is 293 g/mol. The average Bonchev–Trinajstić information content (AvgIpc) is 2.41. The van der Waals surface area contributed by atoms with E-state index in [0.29, 0.717) is 13.0 Å². The first-order valence-electron chi connectivity index (χ1n) is 7.40. The Hall–Kier alpha value is -1.46. The van der Waals surface area contributed by atoms with Crippen molar-refractivity contribution < 1.29 is 9.18 Å². The molecular formula is C16H24FN3O. The Kier molecular flexibility index (Phi) is 4.96. The maximum atomic E-state index is 14.5. The van der Waals surface area contributed by atoms with Crippen LogP contribution in [0.2, 0.25) is 0 Å². The number of hydrogen-bond donors (Lipinski definition) is 2. The van der Waals surface area contributed by atoms with Crippen molar-refractivity contribution in [2.45, 2.75) is 32.9 Å². The van der Waals surface area contributed by atoms with Crippen LogP contribution in [0.25, 0.3) is 0 Å². The summed E-state index contributed by atoms with van der Waals surface area (Å²) in [4.78, 5) is 14.2. The zero-order valence-electron chi connectivity index (χ0n) is 13.2. The number of anilines is 1. The molecule has 0 saturated carbocycles. The van der Waals surface area contributed by atoms with Crippen LogP contribution in [0.4, 0.5) is 10.1 Å². The number of carbonyl (C=O) groups is 1. The second kappa shape index (κ2) is 6.54. The first-order valence-corrected chi connectivity index (χ1v) is 7.40. The van der Waals surface area contributed by atoms with Crippen molar-refractivity contribution >= 4 is 11.6 Å². The number of fused-ring (bicyclic) bond motifs is 1. The second-order valence-electron chi connectivity index (χ2n) is 6.13. The van der Waals surface area contributed by atoms with Crippen molar-refractivity contribution in [1.82, 2.24) is 10.2 Å². The Balaban J connectivity index is 2.21. The van der Waals surface area contributed by atoms with E-state index in [2.05, 4.69) is 10.6 Å². The van der Waals surface area contributed by atoms with Gasteiger partial charge in [-0.05, 0) is 50.2 Å². The Morgan fingerprint density at radius 3 is 2.71 bits per heavy atom. The molecule has 0 radical (unpaired) electrons. The van der Waals surface area contributed by atoms with Crippen molar-refractivity contribution in [1.29, 1.82) is 0 Å². The molecule has 0 bridgehead atoms. The third-order valence-corrected chi connectivity index (χ3v) is 3.92. The van der Waals surface area contributed by atoms with Gasteiger partial charge in [-0.1, -0.05) is 19.9 Å². The fourth-order valence-electron chi connectivity index (χ4n) is 2.97. The summed E-state index contributed by atoms with van der Waals surface area (Å²) in [5, 5.41) is 5.96. The van der Waals surface area contributed by atoms with E-state index in [-0.39, 0.29) is 29.4 Å². The molecule has 116 valence electrons. The highest BCUT2D eigenvalue weighted by atomic mass is 19.1. The van der Waals surface area contributed by atoms with Gasteiger partial charge < -0.3 is 10.6 Å². The molecule has 1 aliphatic rings. The van der Waals surface area contributed by atoms with Gasteiger partial charge in [0.05, 0.1) is 11.7 Å². The highest BCUT2D eigenvalue weighted by Gasteiger charge is 2.26. The number of benzene rings is 1. The van der Waals surface area contributed by atoms with E-state index >= 15 is 0 Å². The van der Waals surface area contributed by atoms with Gasteiger partial charge in [-0.25, -0.2) is 4.39 Å². The van der Waals surface area contributed by atoms with Crippen LogP contribution in [-0.2, 0) is 17.8 Å². The van der Waals surface area contributed by atoms with Crippen LogP contribution in [0.1, 0.15) is 25.0 Å². The number of nitrogens with zero attached hydrogens (tertiary/aromatic N) is 1. The molecule has 0 aliphatic carbocycles. The summed E-state index contributed by atoms with van der Waals surface area (Å²) in [6.45, 7) is 5.43. The number of amides is 1. The molecule has 0 spiro atoms. The molecule has 21 heavy (non-hydrogen) atoms. The zero-order valence-corrected chi connectivity index (χ0v) is 13.2. The lowest BCUT2D eigenvalue weighted by atomic mass is 9.98. The minimum atomic E-state index is -0.288. The van der Waals surface area contributed by atoms with Crippen LogP contribution in [0.3, 0.4) is 0 Å². The SMILES string of the molecule is CC(C)[C@@H](C(=O)Nc1ccc2c(c1F)CCNC2)N(C)C. The third kappa shape index (κ3) is 3.41. The molecule has 2 rings (SSSR count). The van der Waals surface area contributed by atoms with Crippen LogP contribution in [0.15, 0.2) is 12.1 Å². The Bertz CT molecular complexity index is 520. The second-order valence-corrected chi connectivity index (χ2v) is 6.13. The van der Waals surface area contributed by atoms with Crippen LogP contribution >= 0.6 is 0 Å². The number of nitrogens with one attached hydrogen (secondary N) is 2. The van der Waals surface area contributed by atoms with E-state index in [0.717, 1.165) is 17.7 Å². The zero-order chi connectivity index (χ0) is 15.6. The van der Waals surface area contributed by atoms with E-state index in [1.165, 1.54) is 0 Å². The van der Waals surface area contributed by atoms with Crippen molar-refractivity contribution in [3.8, 4) is 0 Å². The van der Waals surface area contributed by atoms with E-state index in [4.69, 9.17) is 0 Å². The van der Waals surface area contributed by atoms with Gasteiger partial charge in [-0.3, -0.25) is 9.69 Å². The molecule has 0 aromatic heterocycles. The number of likely N-dealkylation sites (N-methyl/N-ethyl adjacent to an activating group) is 1. The summed E-state index contributed by atoms with van der Waals surface area (Å²) < 4.78 is 14.5. The Morgan fingerprint density at radius 2 is 2.10 bits per heavy atom. The number of hydrogen-bond acceptors (Lipinski definition) is 3. The summed E-state index contributed by atoms with van der Waals surface area (Å²) in [5.41, 5.74) is 1.98. The molecule has 4 nitrogen and oxygen atoms in total. The maximum absolute atomic E-state index is 14.5. The lowest BCUT2D eigenvalue weighted by Crippen LogP contribution is -2.43. The fourth-order valence-corrected chi connectivity index (χ4v) is 2.97. The van der Waals surface area contributed by atoms with Crippen molar-refractivity contribution in [3.05, 3.63) is 29.1 Å². The molecule has 2 N–H and O–H groups in total. The topological polar surface area (TPSA) is 44.4 Å². The summed E-state index contributed by atoms with van der Waals surface area (Å²) >= 11 is 0. The number of halogens is 1. The molecule has 1 aliphatic heterocycles. The van der Waals surface area contributed by atoms with E-state index in [1.54, 1.807) is 6.07 Å². The van der Waals surface area contributed by atoms with Crippen LogP contribution in [0.5, 0.6) is 0 Å². The molecular weight excluding hydrogens is 269 g/mol. The number of rotatable bonds is 4. The van der Waals surface area contributed by atoms with Gasteiger partial charge in [0.15, 0.2) is 0 Å². The van der Waals surface area contributed by atoms with Gasteiger partial charge in [-0.15, -0.1) is 0 Å². The quantitative estimate of drug-likeness (QED) is 0.892. The predicted molar refractivity (Wildman–Crippen MR) is 82.8 cm³/mol. The smallest absolute Gasteiger partial charge is 0.242 e. The van der Waals surface area contributed by atoms with Crippen LogP contribution in [-0.4, -0.2) is 37.5 Å². The van der Waals surface area contributed by atoms with Gasteiger partial charge in [0.25, 0.3) is 0 Å². The molecule has 0 saturated heterocycles. The van der Waals surface area contributed by atoms with E-state index < -0.39 is 0 Å². The minimum absolute atomic E-state index is 0.157. The van der Waals surface area contributed by atoms with E-state index in [9.17, 15) is 9.18 Å². The van der Waals surface area contributed by atoms with Gasteiger partial charge in [-0.2, -0.15) is 0 Å². The first kappa shape index (κ1) is 15.9. The molecule has 1 amide bonds. The highest BCUT2D eigenvalue weighted by Crippen LogP contribution is 2.25. The lowest BCUT2D eigenvalue weighted by molar-refractivity contribution is -0.121. The van der Waals surface area contributed by atoms with Crippen LogP contribution < -0.4 is 10.6 Å². The van der Waals surface area contributed by atoms with Gasteiger partial charge in [0.1, 0.15) is 5.82 Å².